The summed E-state index contributed by atoms with van der Waals surface area (Å²) in [7, 11) is 0. The first-order chi connectivity index (χ1) is 11.6. The van der Waals surface area contributed by atoms with E-state index in [-0.39, 0.29) is 18.4 Å². The maximum absolute atomic E-state index is 11.7. The van der Waals surface area contributed by atoms with Gasteiger partial charge in [-0.3, -0.25) is 10.0 Å². The van der Waals surface area contributed by atoms with Crippen LogP contribution in [-0.2, 0) is 16.0 Å². The summed E-state index contributed by atoms with van der Waals surface area (Å²) in [5, 5.41) is 9.55. The van der Waals surface area contributed by atoms with Gasteiger partial charge in [0, 0.05) is 17.5 Å². The van der Waals surface area contributed by atoms with Gasteiger partial charge in [0.2, 0.25) is 5.91 Å². The molecule has 0 fully saturated rings. The van der Waals surface area contributed by atoms with Crippen LogP contribution in [0.1, 0.15) is 30.4 Å². The second-order valence-corrected chi connectivity index (χ2v) is 6.02. The van der Waals surface area contributed by atoms with Crippen molar-refractivity contribution >= 4 is 17.5 Å². The predicted molar refractivity (Wildman–Crippen MR) is 94.3 cm³/mol. The van der Waals surface area contributed by atoms with Crippen molar-refractivity contribution < 1.29 is 14.7 Å². The summed E-state index contributed by atoms with van der Waals surface area (Å²) in [6.07, 6.45) is 0.474. The second kappa shape index (κ2) is 9.42. The minimum Gasteiger partial charge on any atom is -0.377 e. The molecule has 5 heteroatoms. The van der Waals surface area contributed by atoms with Gasteiger partial charge in [-0.1, -0.05) is 54.1 Å². The van der Waals surface area contributed by atoms with E-state index >= 15 is 0 Å². The lowest BCUT2D eigenvalue weighted by molar-refractivity contribution is -0.132. The van der Waals surface area contributed by atoms with Crippen molar-refractivity contribution in [3.05, 3.63) is 70.7 Å². The molecule has 0 saturated heterocycles. The first kappa shape index (κ1) is 18.5. The van der Waals surface area contributed by atoms with Crippen LogP contribution >= 0.6 is 11.6 Å². The Kier molecular flexibility index (Phi) is 7.25. The third-order valence-electron chi connectivity index (χ3n) is 3.94. The lowest BCUT2D eigenvalue weighted by Gasteiger charge is -2.27. The van der Waals surface area contributed by atoms with Crippen LogP contribution in [0.25, 0.3) is 0 Å². The number of hydroxylamine groups is 1. The smallest absolute Gasteiger partial charge is 0.245 e. The third kappa shape index (κ3) is 5.34. The molecule has 0 aromatic heterocycles. The Morgan fingerprint density at radius 2 is 1.83 bits per heavy atom. The summed E-state index contributed by atoms with van der Waals surface area (Å²) in [5.41, 5.74) is 3.90. The third-order valence-corrected chi connectivity index (χ3v) is 4.19. The zero-order valence-electron chi connectivity index (χ0n) is 13.6. The largest absolute Gasteiger partial charge is 0.377 e. The average molecular weight is 348 g/mol. The Bertz CT molecular complexity index is 631. The van der Waals surface area contributed by atoms with E-state index < -0.39 is 5.91 Å². The molecule has 2 rings (SSSR count). The number of carbonyl (C=O) groups is 1. The zero-order chi connectivity index (χ0) is 17.4. The number of amides is 1. The normalized spacial score (nSPS) is 13.3. The van der Waals surface area contributed by atoms with Gasteiger partial charge in [-0.25, -0.2) is 5.48 Å². The molecule has 24 heavy (non-hydrogen) atoms. The van der Waals surface area contributed by atoms with Crippen LogP contribution < -0.4 is 5.48 Å². The predicted octanol–water partition coefficient (Wildman–Crippen LogP) is 3.97. The molecule has 2 aromatic rings. The molecule has 0 aliphatic carbocycles. The Hall–Kier alpha value is -1.88. The molecule has 4 nitrogen and oxygen atoms in total. The van der Waals surface area contributed by atoms with Crippen molar-refractivity contribution in [1.29, 1.82) is 0 Å². The molecule has 0 heterocycles. The van der Waals surface area contributed by atoms with Gasteiger partial charge in [-0.05, 0) is 36.6 Å². The van der Waals surface area contributed by atoms with Crippen LogP contribution in [0.4, 0.5) is 0 Å². The first-order valence-electron chi connectivity index (χ1n) is 7.98. The molecule has 0 unspecified atom stereocenters. The highest BCUT2D eigenvalue weighted by molar-refractivity contribution is 6.30. The van der Waals surface area contributed by atoms with Gasteiger partial charge in [0.15, 0.2) is 0 Å². The minimum absolute atomic E-state index is 0.00961. The molecule has 2 N–H and O–H groups in total. The van der Waals surface area contributed by atoms with Crippen LogP contribution in [-0.4, -0.2) is 23.8 Å². The van der Waals surface area contributed by atoms with Gasteiger partial charge >= 0.3 is 0 Å². The molecule has 0 bridgehead atoms. The Labute approximate surface area is 147 Å². The Morgan fingerprint density at radius 1 is 1.17 bits per heavy atom. The summed E-state index contributed by atoms with van der Waals surface area (Å²) in [4.78, 5) is 11.7. The zero-order valence-corrected chi connectivity index (χ0v) is 14.4. The maximum atomic E-state index is 11.7. The van der Waals surface area contributed by atoms with E-state index in [1.165, 1.54) is 0 Å². The molecule has 128 valence electrons. The van der Waals surface area contributed by atoms with E-state index in [4.69, 9.17) is 21.5 Å². The fourth-order valence-corrected chi connectivity index (χ4v) is 2.92. The van der Waals surface area contributed by atoms with Crippen molar-refractivity contribution in [1.82, 2.24) is 5.48 Å². The first-order valence-corrected chi connectivity index (χ1v) is 8.35. The van der Waals surface area contributed by atoms with Crippen LogP contribution in [0.15, 0.2) is 54.6 Å². The molecular weight excluding hydrogens is 326 g/mol. The van der Waals surface area contributed by atoms with E-state index in [2.05, 4.69) is 0 Å². The monoisotopic (exact) mass is 347 g/mol. The van der Waals surface area contributed by atoms with Gasteiger partial charge in [0.05, 0.1) is 12.5 Å². The van der Waals surface area contributed by atoms with Gasteiger partial charge < -0.3 is 4.74 Å². The molecule has 2 atom stereocenters. The van der Waals surface area contributed by atoms with Crippen molar-refractivity contribution in [2.45, 2.75) is 31.8 Å². The number of halogens is 1. The van der Waals surface area contributed by atoms with Gasteiger partial charge in [0.1, 0.15) is 0 Å². The van der Waals surface area contributed by atoms with Crippen molar-refractivity contribution in [2.75, 3.05) is 6.61 Å². The number of benzene rings is 2. The molecule has 0 spiro atoms. The van der Waals surface area contributed by atoms with Crippen molar-refractivity contribution in [3.63, 3.8) is 0 Å². The van der Waals surface area contributed by atoms with Gasteiger partial charge in [-0.2, -0.15) is 0 Å². The highest BCUT2D eigenvalue weighted by Gasteiger charge is 2.26. The number of nitrogens with one attached hydrogen (secondary N) is 1. The Balaban J connectivity index is 2.29. The fourth-order valence-electron chi connectivity index (χ4n) is 2.80. The lowest BCUT2D eigenvalue weighted by Crippen LogP contribution is -2.31. The molecule has 0 radical (unpaired) electrons. The number of carbonyl (C=O) groups excluding carboxylic acids is 1. The van der Waals surface area contributed by atoms with Crippen LogP contribution in [0.5, 0.6) is 0 Å². The highest BCUT2D eigenvalue weighted by atomic mass is 35.5. The number of ether oxygens (including phenoxy) is 1. The summed E-state index contributed by atoms with van der Waals surface area (Å²) < 4.78 is 5.83. The number of hydrogen-bond acceptors (Lipinski definition) is 3. The lowest BCUT2D eigenvalue weighted by atomic mass is 9.85. The van der Waals surface area contributed by atoms with E-state index in [1.54, 1.807) is 5.48 Å². The summed E-state index contributed by atoms with van der Waals surface area (Å²) >= 11 is 5.96. The molecular formula is C19H22ClNO3. The topological polar surface area (TPSA) is 58.6 Å². The fraction of sp³-hybridized carbons (Fsp3) is 0.316. The SMILES string of the molecule is CCO[C@H](CC(=O)NO)[C@H](Cc1ccc(Cl)cc1)c1ccccc1. The van der Waals surface area contributed by atoms with E-state index in [9.17, 15) is 4.79 Å². The quantitative estimate of drug-likeness (QED) is 0.561. The standard InChI is InChI=1S/C19H22ClNO3/c1-2-24-18(13-19(22)21-23)17(15-6-4-3-5-7-15)12-14-8-10-16(20)11-9-14/h3-11,17-18,23H,2,12-13H2,1H3,(H,21,22)/t17-,18-/m1/s1. The number of rotatable bonds is 8. The molecule has 0 aliphatic rings. The second-order valence-electron chi connectivity index (χ2n) is 5.58. The molecule has 1 amide bonds. The summed E-state index contributed by atoms with van der Waals surface area (Å²) in [5.74, 6) is -0.463. The van der Waals surface area contributed by atoms with Gasteiger partial charge in [0.25, 0.3) is 0 Å². The van der Waals surface area contributed by atoms with Crippen LogP contribution in [0.3, 0.4) is 0 Å². The van der Waals surface area contributed by atoms with Gasteiger partial charge in [-0.15, -0.1) is 0 Å². The summed E-state index contributed by atoms with van der Waals surface area (Å²) in [6.45, 7) is 2.39. The Morgan fingerprint density at radius 3 is 2.42 bits per heavy atom. The van der Waals surface area contributed by atoms with Crippen molar-refractivity contribution in [3.8, 4) is 0 Å². The minimum atomic E-state index is -0.453. The molecule has 2 aromatic carbocycles. The highest BCUT2D eigenvalue weighted by Crippen LogP contribution is 2.29. The van der Waals surface area contributed by atoms with Crippen LogP contribution in [0, 0.1) is 0 Å². The maximum Gasteiger partial charge on any atom is 0.245 e. The molecule has 0 aliphatic heterocycles. The van der Waals surface area contributed by atoms with Crippen molar-refractivity contribution in [2.24, 2.45) is 0 Å². The van der Waals surface area contributed by atoms with E-state index in [1.807, 2.05) is 61.5 Å². The average Bonchev–Trinajstić information content (AvgIpc) is 2.61. The van der Waals surface area contributed by atoms with E-state index in [0.29, 0.717) is 18.1 Å². The number of hydrogen-bond donors (Lipinski definition) is 2. The molecule has 0 saturated carbocycles. The van der Waals surface area contributed by atoms with E-state index in [0.717, 1.165) is 11.1 Å². The summed E-state index contributed by atoms with van der Waals surface area (Å²) in [6, 6.07) is 17.6. The van der Waals surface area contributed by atoms with Crippen LogP contribution in [0.2, 0.25) is 5.02 Å².